The minimum absolute atomic E-state index is 0.599. The minimum atomic E-state index is 0.599. The molecule has 1 aliphatic rings. The van der Waals surface area contributed by atoms with Crippen LogP contribution in [-0.2, 0) is 6.42 Å². The Bertz CT molecular complexity index is 2840. The van der Waals surface area contributed by atoms with E-state index in [1.807, 2.05) is 36.4 Å². The zero-order valence-corrected chi connectivity index (χ0v) is 28.9. The number of fused-ring (bicyclic) bond motifs is 4. The van der Waals surface area contributed by atoms with Crippen LogP contribution in [0.25, 0.3) is 95.6 Å². The molecule has 10 rings (SSSR count). The van der Waals surface area contributed by atoms with Crippen molar-refractivity contribution in [2.45, 2.75) is 12.8 Å². The predicted molar refractivity (Wildman–Crippen MR) is 217 cm³/mol. The molecule has 0 fully saturated rings. The van der Waals surface area contributed by atoms with Crippen molar-refractivity contribution in [2.75, 3.05) is 0 Å². The number of hydrogen-bond acceptors (Lipinski definition) is 4. The highest BCUT2D eigenvalue weighted by molar-refractivity contribution is 6.11. The quantitative estimate of drug-likeness (QED) is 0.175. The van der Waals surface area contributed by atoms with E-state index in [9.17, 15) is 0 Å². The van der Waals surface area contributed by atoms with Crippen molar-refractivity contribution < 1.29 is 4.42 Å². The Morgan fingerprint density at radius 1 is 0.415 bits per heavy atom. The van der Waals surface area contributed by atoms with Gasteiger partial charge in [-0.15, -0.1) is 0 Å². The summed E-state index contributed by atoms with van der Waals surface area (Å²) >= 11 is 0. The Kier molecular flexibility index (Phi) is 7.58. The Hall–Kier alpha value is -6.91. The number of rotatable bonds is 6. The Morgan fingerprint density at radius 3 is 1.92 bits per heavy atom. The molecule has 4 nitrogen and oxygen atoms in total. The zero-order chi connectivity index (χ0) is 35.1. The number of para-hydroxylation sites is 1. The van der Waals surface area contributed by atoms with Gasteiger partial charge in [0.2, 0.25) is 0 Å². The molecule has 4 heteroatoms. The smallest absolute Gasteiger partial charge is 0.164 e. The second-order valence-electron chi connectivity index (χ2n) is 13.5. The molecular weight excluding hydrogens is 647 g/mol. The molecule has 0 spiro atoms. The second kappa shape index (κ2) is 13.0. The maximum Gasteiger partial charge on any atom is 0.164 e. The van der Waals surface area contributed by atoms with E-state index < -0.39 is 0 Å². The SMILES string of the molecule is C1=Cc2ccc(-c3cc(-c4nc(-c5cccc(-c6ccccc6)c5)nc(-c5cccc6oc7ccccc7c56)n4)ccc3-c3ccccc3)cc2CC1. The minimum Gasteiger partial charge on any atom is -0.456 e. The van der Waals surface area contributed by atoms with Crippen LogP contribution in [0, 0.1) is 0 Å². The number of aryl methyl sites for hydroxylation is 1. The first-order valence-electron chi connectivity index (χ1n) is 18.1. The first-order chi connectivity index (χ1) is 26.2. The molecule has 250 valence electrons. The van der Waals surface area contributed by atoms with Crippen LogP contribution in [0.2, 0.25) is 0 Å². The molecule has 0 atom stereocenters. The molecule has 53 heavy (non-hydrogen) atoms. The summed E-state index contributed by atoms with van der Waals surface area (Å²) in [5, 5.41) is 2.02. The number of allylic oxidation sites excluding steroid dienone is 1. The molecule has 0 saturated carbocycles. The largest absolute Gasteiger partial charge is 0.456 e. The lowest BCUT2D eigenvalue weighted by molar-refractivity contribution is 0.669. The normalized spacial score (nSPS) is 12.3. The van der Waals surface area contributed by atoms with Gasteiger partial charge in [0.05, 0.1) is 0 Å². The molecule has 0 radical (unpaired) electrons. The van der Waals surface area contributed by atoms with Crippen molar-refractivity contribution >= 4 is 28.0 Å². The van der Waals surface area contributed by atoms with E-state index in [-0.39, 0.29) is 0 Å². The average Bonchev–Trinajstić information content (AvgIpc) is 3.63. The van der Waals surface area contributed by atoms with Gasteiger partial charge in [-0.1, -0.05) is 152 Å². The zero-order valence-electron chi connectivity index (χ0n) is 28.9. The summed E-state index contributed by atoms with van der Waals surface area (Å²) in [6.07, 6.45) is 6.59. The second-order valence-corrected chi connectivity index (χ2v) is 13.5. The number of hydrogen-bond donors (Lipinski definition) is 0. The first kappa shape index (κ1) is 30.9. The van der Waals surface area contributed by atoms with Crippen LogP contribution in [0.15, 0.2) is 174 Å². The Morgan fingerprint density at radius 2 is 1.08 bits per heavy atom. The van der Waals surface area contributed by atoms with E-state index in [4.69, 9.17) is 19.4 Å². The summed E-state index contributed by atoms with van der Waals surface area (Å²) in [6, 6.07) is 57.2. The summed E-state index contributed by atoms with van der Waals surface area (Å²) in [5.41, 5.74) is 13.9. The van der Waals surface area contributed by atoms with Gasteiger partial charge in [-0.2, -0.15) is 0 Å². The molecule has 0 saturated heterocycles. The fraction of sp³-hybridized carbons (Fsp3) is 0.0408. The standard InChI is InChI=1S/C49H33N3O/c1-3-13-32(14-4-1)36-19-11-20-38(30-36)47-50-48(52-49(51-47)42-22-12-24-45-46(42)41-21-9-10-23-44(41)53-45)39-27-28-40(34-16-5-2-6-17-34)43(31-39)37-26-25-33-15-7-8-18-35(33)29-37/h1-7,9-17,19-31H,8,18H2. The van der Waals surface area contributed by atoms with Gasteiger partial charge in [-0.05, 0) is 81.6 Å². The first-order valence-corrected chi connectivity index (χ1v) is 18.1. The highest BCUT2D eigenvalue weighted by Crippen LogP contribution is 2.39. The monoisotopic (exact) mass is 679 g/mol. The van der Waals surface area contributed by atoms with Crippen molar-refractivity contribution in [3.8, 4) is 67.5 Å². The van der Waals surface area contributed by atoms with Crippen LogP contribution in [-0.4, -0.2) is 15.0 Å². The molecule has 0 bridgehead atoms. The molecular formula is C49H33N3O. The highest BCUT2D eigenvalue weighted by Gasteiger charge is 2.19. The number of aromatic nitrogens is 3. The summed E-state index contributed by atoms with van der Waals surface area (Å²) < 4.78 is 6.29. The van der Waals surface area contributed by atoms with Gasteiger partial charge in [0, 0.05) is 27.5 Å². The van der Waals surface area contributed by atoms with Crippen LogP contribution >= 0.6 is 0 Å². The third-order valence-electron chi connectivity index (χ3n) is 10.2. The van der Waals surface area contributed by atoms with Crippen molar-refractivity contribution in [3.05, 3.63) is 181 Å². The molecule has 2 aromatic heterocycles. The molecule has 0 unspecified atom stereocenters. The van der Waals surface area contributed by atoms with Crippen LogP contribution in [0.4, 0.5) is 0 Å². The van der Waals surface area contributed by atoms with Crippen molar-refractivity contribution in [1.82, 2.24) is 15.0 Å². The number of nitrogens with zero attached hydrogens (tertiary/aromatic N) is 3. The number of furan rings is 1. The summed E-state index contributed by atoms with van der Waals surface area (Å²) in [6.45, 7) is 0. The highest BCUT2D eigenvalue weighted by atomic mass is 16.3. The maximum atomic E-state index is 6.29. The van der Waals surface area contributed by atoms with Crippen molar-refractivity contribution in [1.29, 1.82) is 0 Å². The van der Waals surface area contributed by atoms with Crippen molar-refractivity contribution in [3.63, 3.8) is 0 Å². The Balaban J connectivity index is 1.20. The molecule has 9 aromatic rings. The van der Waals surface area contributed by atoms with Crippen molar-refractivity contribution in [2.24, 2.45) is 0 Å². The van der Waals surface area contributed by atoms with Gasteiger partial charge in [-0.3, -0.25) is 0 Å². The summed E-state index contributed by atoms with van der Waals surface area (Å²) in [7, 11) is 0. The van der Waals surface area contributed by atoms with Gasteiger partial charge < -0.3 is 4.42 Å². The van der Waals surface area contributed by atoms with Gasteiger partial charge in [0.15, 0.2) is 17.5 Å². The fourth-order valence-electron chi connectivity index (χ4n) is 7.58. The lowest BCUT2D eigenvalue weighted by atomic mass is 9.89. The molecule has 0 amide bonds. The fourth-order valence-corrected chi connectivity index (χ4v) is 7.58. The molecule has 0 N–H and O–H groups in total. The van der Waals surface area contributed by atoms with Crippen LogP contribution in [0.3, 0.4) is 0 Å². The third kappa shape index (κ3) is 5.71. The predicted octanol–water partition coefficient (Wildman–Crippen LogP) is 12.7. The van der Waals surface area contributed by atoms with E-state index in [1.54, 1.807) is 0 Å². The maximum absolute atomic E-state index is 6.29. The average molecular weight is 680 g/mol. The summed E-state index contributed by atoms with van der Waals surface area (Å²) in [4.78, 5) is 15.7. The van der Waals surface area contributed by atoms with Gasteiger partial charge in [0.25, 0.3) is 0 Å². The van der Waals surface area contributed by atoms with E-state index in [1.165, 1.54) is 27.8 Å². The molecule has 1 aliphatic carbocycles. The summed E-state index contributed by atoms with van der Waals surface area (Å²) in [5.74, 6) is 1.82. The Labute approximate surface area is 307 Å². The third-order valence-corrected chi connectivity index (χ3v) is 10.2. The van der Waals surface area contributed by atoms with Gasteiger partial charge in [-0.25, -0.2) is 15.0 Å². The van der Waals surface area contributed by atoms with E-state index in [2.05, 4.69) is 140 Å². The van der Waals surface area contributed by atoms with E-state index in [0.29, 0.717) is 17.5 Å². The molecule has 7 aromatic carbocycles. The van der Waals surface area contributed by atoms with E-state index in [0.717, 1.165) is 68.2 Å². The molecule has 2 heterocycles. The van der Waals surface area contributed by atoms with Crippen LogP contribution in [0.1, 0.15) is 17.5 Å². The van der Waals surface area contributed by atoms with Gasteiger partial charge >= 0.3 is 0 Å². The van der Waals surface area contributed by atoms with Gasteiger partial charge in [0.1, 0.15) is 11.2 Å². The molecule has 0 aliphatic heterocycles. The lowest BCUT2D eigenvalue weighted by Crippen LogP contribution is -2.01. The number of benzene rings is 7. The van der Waals surface area contributed by atoms with Crippen LogP contribution < -0.4 is 0 Å². The van der Waals surface area contributed by atoms with E-state index >= 15 is 0 Å². The lowest BCUT2D eigenvalue weighted by Gasteiger charge is -2.16. The topological polar surface area (TPSA) is 51.8 Å². The van der Waals surface area contributed by atoms with Crippen LogP contribution in [0.5, 0.6) is 0 Å².